The predicted molar refractivity (Wildman–Crippen MR) is 122 cm³/mol. The molecule has 0 bridgehead atoms. The Bertz CT molecular complexity index is 964. The smallest absolute Gasteiger partial charge is 0.254 e. The summed E-state index contributed by atoms with van der Waals surface area (Å²) in [6.45, 7) is 3.97. The molecule has 2 heterocycles. The van der Waals surface area contributed by atoms with Gasteiger partial charge < -0.3 is 25.2 Å². The van der Waals surface area contributed by atoms with Crippen LogP contribution >= 0.6 is 0 Å². The SMILES string of the molecule is O=C(CNc1cccc(C(=O)N2CCCC2)c1)Nc1ccc(C(=O)N2CCOCC2)cc1. The molecule has 4 rings (SSSR count). The van der Waals surface area contributed by atoms with E-state index < -0.39 is 0 Å². The first-order valence-corrected chi connectivity index (χ1v) is 11.0. The van der Waals surface area contributed by atoms with Gasteiger partial charge in [0, 0.05) is 48.7 Å². The third kappa shape index (κ3) is 5.45. The Morgan fingerprint density at radius 1 is 0.781 bits per heavy atom. The van der Waals surface area contributed by atoms with Crippen molar-refractivity contribution in [3.8, 4) is 0 Å². The van der Waals surface area contributed by atoms with Gasteiger partial charge in [0.25, 0.3) is 11.8 Å². The number of nitrogens with zero attached hydrogens (tertiary/aromatic N) is 2. The molecule has 0 spiro atoms. The third-order valence-electron chi connectivity index (χ3n) is 5.67. The van der Waals surface area contributed by atoms with E-state index in [9.17, 15) is 14.4 Å². The van der Waals surface area contributed by atoms with Crippen LogP contribution in [0.4, 0.5) is 11.4 Å². The van der Waals surface area contributed by atoms with Crippen molar-refractivity contribution < 1.29 is 19.1 Å². The molecule has 0 aromatic heterocycles. The Morgan fingerprint density at radius 3 is 2.16 bits per heavy atom. The second-order valence-corrected chi connectivity index (χ2v) is 7.96. The lowest BCUT2D eigenvalue weighted by molar-refractivity contribution is -0.114. The molecule has 2 aliphatic rings. The molecular formula is C24H28N4O4. The van der Waals surface area contributed by atoms with Gasteiger partial charge in [0.05, 0.1) is 19.8 Å². The molecule has 0 radical (unpaired) electrons. The van der Waals surface area contributed by atoms with E-state index in [2.05, 4.69) is 10.6 Å². The minimum absolute atomic E-state index is 0.0299. The fraction of sp³-hybridized carbons (Fsp3) is 0.375. The van der Waals surface area contributed by atoms with Crippen molar-refractivity contribution in [1.29, 1.82) is 0 Å². The summed E-state index contributed by atoms with van der Waals surface area (Å²) in [5.74, 6) is -0.216. The average Bonchev–Trinajstić information content (AvgIpc) is 3.38. The van der Waals surface area contributed by atoms with Crippen LogP contribution in [0.1, 0.15) is 33.6 Å². The Labute approximate surface area is 187 Å². The Balaban J connectivity index is 1.28. The molecule has 2 N–H and O–H groups in total. The minimum atomic E-state index is -0.214. The number of ether oxygens (including phenoxy) is 1. The van der Waals surface area contributed by atoms with Gasteiger partial charge in [-0.1, -0.05) is 6.07 Å². The normalized spacial score (nSPS) is 16.0. The lowest BCUT2D eigenvalue weighted by Gasteiger charge is -2.26. The molecule has 2 aliphatic heterocycles. The topological polar surface area (TPSA) is 91.0 Å². The Morgan fingerprint density at radius 2 is 1.44 bits per heavy atom. The molecule has 2 aromatic rings. The fourth-order valence-corrected chi connectivity index (χ4v) is 3.90. The highest BCUT2D eigenvalue weighted by atomic mass is 16.5. The highest BCUT2D eigenvalue weighted by Gasteiger charge is 2.20. The second-order valence-electron chi connectivity index (χ2n) is 7.96. The standard InChI is InChI=1S/C24H28N4O4/c29-22(17-25-21-5-3-4-19(16-21)24(31)27-10-1-2-11-27)26-20-8-6-18(7-9-20)23(30)28-12-14-32-15-13-28/h3-9,16,25H,1-2,10-15,17H2,(H,26,29). The summed E-state index contributed by atoms with van der Waals surface area (Å²) in [7, 11) is 0. The van der Waals surface area contributed by atoms with Gasteiger partial charge in [-0.05, 0) is 55.3 Å². The van der Waals surface area contributed by atoms with E-state index in [1.165, 1.54) is 0 Å². The van der Waals surface area contributed by atoms with Gasteiger partial charge in [-0.3, -0.25) is 14.4 Å². The van der Waals surface area contributed by atoms with Gasteiger partial charge in [-0.2, -0.15) is 0 Å². The molecule has 3 amide bonds. The van der Waals surface area contributed by atoms with Crippen LogP contribution in [0.3, 0.4) is 0 Å². The quantitative estimate of drug-likeness (QED) is 0.726. The van der Waals surface area contributed by atoms with Crippen LogP contribution in [0.15, 0.2) is 48.5 Å². The van der Waals surface area contributed by atoms with Crippen LogP contribution in [0.25, 0.3) is 0 Å². The van der Waals surface area contributed by atoms with Crippen molar-refractivity contribution in [2.45, 2.75) is 12.8 Å². The number of amides is 3. The average molecular weight is 437 g/mol. The van der Waals surface area contributed by atoms with Gasteiger partial charge in [0.1, 0.15) is 0 Å². The van der Waals surface area contributed by atoms with Crippen molar-refractivity contribution in [2.75, 3.05) is 56.6 Å². The molecule has 2 aromatic carbocycles. The second kappa shape index (κ2) is 10.3. The van der Waals surface area contributed by atoms with E-state index in [0.717, 1.165) is 31.6 Å². The van der Waals surface area contributed by atoms with E-state index in [1.807, 2.05) is 17.0 Å². The molecule has 2 saturated heterocycles. The maximum absolute atomic E-state index is 12.5. The number of hydrogen-bond donors (Lipinski definition) is 2. The van der Waals surface area contributed by atoms with Crippen molar-refractivity contribution in [3.63, 3.8) is 0 Å². The van der Waals surface area contributed by atoms with Crippen molar-refractivity contribution in [1.82, 2.24) is 9.80 Å². The van der Waals surface area contributed by atoms with E-state index in [4.69, 9.17) is 4.74 Å². The summed E-state index contributed by atoms with van der Waals surface area (Å²) in [5.41, 5.74) is 2.55. The third-order valence-corrected chi connectivity index (χ3v) is 5.67. The van der Waals surface area contributed by atoms with Gasteiger partial charge in [-0.15, -0.1) is 0 Å². The molecule has 168 valence electrons. The monoisotopic (exact) mass is 436 g/mol. The fourth-order valence-electron chi connectivity index (χ4n) is 3.90. The predicted octanol–water partition coefficient (Wildman–Crippen LogP) is 2.45. The molecule has 2 fully saturated rings. The first-order chi connectivity index (χ1) is 15.6. The number of likely N-dealkylation sites (tertiary alicyclic amines) is 1. The zero-order valence-corrected chi connectivity index (χ0v) is 18.0. The van der Waals surface area contributed by atoms with E-state index >= 15 is 0 Å². The molecule has 0 atom stereocenters. The van der Waals surface area contributed by atoms with E-state index in [1.54, 1.807) is 41.3 Å². The van der Waals surface area contributed by atoms with Crippen molar-refractivity contribution >= 4 is 29.1 Å². The van der Waals surface area contributed by atoms with Gasteiger partial charge in [0.15, 0.2) is 0 Å². The van der Waals surface area contributed by atoms with Crippen LogP contribution < -0.4 is 10.6 Å². The number of rotatable bonds is 6. The summed E-state index contributed by atoms with van der Waals surface area (Å²) in [5, 5.41) is 5.89. The molecule has 0 aliphatic carbocycles. The van der Waals surface area contributed by atoms with Crippen LogP contribution in [-0.4, -0.2) is 73.5 Å². The highest BCUT2D eigenvalue weighted by Crippen LogP contribution is 2.17. The zero-order valence-electron chi connectivity index (χ0n) is 18.0. The maximum Gasteiger partial charge on any atom is 0.254 e. The van der Waals surface area contributed by atoms with Gasteiger partial charge >= 0.3 is 0 Å². The number of hydrogen-bond acceptors (Lipinski definition) is 5. The zero-order chi connectivity index (χ0) is 22.3. The molecule has 0 unspecified atom stereocenters. The van der Waals surface area contributed by atoms with Gasteiger partial charge in [0.2, 0.25) is 5.91 Å². The minimum Gasteiger partial charge on any atom is -0.378 e. The Kier molecular flexibility index (Phi) is 7.01. The molecule has 32 heavy (non-hydrogen) atoms. The van der Waals surface area contributed by atoms with E-state index in [0.29, 0.717) is 43.1 Å². The number of nitrogens with one attached hydrogen (secondary N) is 2. The number of anilines is 2. The molecule has 8 heteroatoms. The lowest BCUT2D eigenvalue weighted by Crippen LogP contribution is -2.40. The largest absolute Gasteiger partial charge is 0.378 e. The number of morpholine rings is 1. The van der Waals surface area contributed by atoms with Crippen molar-refractivity contribution in [2.24, 2.45) is 0 Å². The van der Waals surface area contributed by atoms with Gasteiger partial charge in [-0.25, -0.2) is 0 Å². The van der Waals surface area contributed by atoms with Crippen LogP contribution in [0.2, 0.25) is 0 Å². The first-order valence-electron chi connectivity index (χ1n) is 11.0. The van der Waals surface area contributed by atoms with E-state index in [-0.39, 0.29) is 24.3 Å². The molecular weight excluding hydrogens is 408 g/mol. The molecule has 0 saturated carbocycles. The summed E-state index contributed by atoms with van der Waals surface area (Å²) < 4.78 is 5.28. The van der Waals surface area contributed by atoms with Crippen LogP contribution in [-0.2, 0) is 9.53 Å². The van der Waals surface area contributed by atoms with Crippen LogP contribution in [0.5, 0.6) is 0 Å². The highest BCUT2D eigenvalue weighted by molar-refractivity contribution is 5.97. The first kappa shape index (κ1) is 21.8. The molecule has 8 nitrogen and oxygen atoms in total. The summed E-state index contributed by atoms with van der Waals surface area (Å²) >= 11 is 0. The van der Waals surface area contributed by atoms with Crippen molar-refractivity contribution in [3.05, 3.63) is 59.7 Å². The Hall–Kier alpha value is -3.39. The number of carbonyl (C=O) groups is 3. The summed E-state index contributed by atoms with van der Waals surface area (Å²) in [6, 6.07) is 14.1. The maximum atomic E-state index is 12.5. The summed E-state index contributed by atoms with van der Waals surface area (Å²) in [4.78, 5) is 41.0. The summed E-state index contributed by atoms with van der Waals surface area (Å²) in [6.07, 6.45) is 2.10. The lowest BCUT2D eigenvalue weighted by atomic mass is 10.1. The van der Waals surface area contributed by atoms with Crippen LogP contribution in [0, 0.1) is 0 Å². The number of benzene rings is 2. The number of carbonyl (C=O) groups excluding carboxylic acids is 3.